The molecular formula is C45H56N8O6S. The number of ketones is 1. The fourth-order valence-electron chi connectivity index (χ4n) is 7.21. The number of ether oxygens (including phenoxy) is 2. The summed E-state index contributed by atoms with van der Waals surface area (Å²) in [5.41, 5.74) is 6.68. The summed E-state index contributed by atoms with van der Waals surface area (Å²) in [4.78, 5) is 64.6. The summed E-state index contributed by atoms with van der Waals surface area (Å²) < 4.78 is 10.6. The van der Waals surface area contributed by atoms with Gasteiger partial charge in [0.05, 0.1) is 24.6 Å². The van der Waals surface area contributed by atoms with Gasteiger partial charge >= 0.3 is 5.97 Å². The lowest BCUT2D eigenvalue weighted by Gasteiger charge is -2.32. The Morgan fingerprint density at radius 1 is 0.983 bits per heavy atom. The highest BCUT2D eigenvalue weighted by Crippen LogP contribution is 2.33. The molecule has 0 bridgehead atoms. The van der Waals surface area contributed by atoms with Crippen molar-refractivity contribution in [1.29, 1.82) is 0 Å². The molecule has 60 heavy (non-hydrogen) atoms. The van der Waals surface area contributed by atoms with E-state index in [4.69, 9.17) is 24.5 Å². The molecule has 5 aromatic rings. The van der Waals surface area contributed by atoms with Gasteiger partial charge in [-0.25, -0.2) is 24.7 Å². The Morgan fingerprint density at radius 2 is 1.68 bits per heavy atom. The van der Waals surface area contributed by atoms with Crippen LogP contribution in [0.25, 0.3) is 10.6 Å². The van der Waals surface area contributed by atoms with Crippen molar-refractivity contribution in [3.8, 4) is 16.3 Å². The number of piperidine rings is 1. The van der Waals surface area contributed by atoms with E-state index < -0.39 is 12.6 Å². The quantitative estimate of drug-likeness (QED) is 0.114. The number of aromatic amines is 1. The lowest BCUT2D eigenvalue weighted by Crippen LogP contribution is -2.39. The molecule has 2 saturated heterocycles. The van der Waals surface area contributed by atoms with Gasteiger partial charge in [0.15, 0.2) is 12.4 Å². The van der Waals surface area contributed by atoms with Gasteiger partial charge in [-0.1, -0.05) is 43.7 Å². The predicted molar refractivity (Wildman–Crippen MR) is 235 cm³/mol. The molecule has 2 aliphatic heterocycles. The third-order valence-corrected chi connectivity index (χ3v) is 11.7. The maximum absolute atomic E-state index is 12.8. The average molecular weight is 837 g/mol. The number of nitrogens with one attached hydrogen (secondary N) is 1. The molecule has 2 aliphatic rings. The molecule has 3 aromatic heterocycles. The Morgan fingerprint density at radius 3 is 2.32 bits per heavy atom. The summed E-state index contributed by atoms with van der Waals surface area (Å²) in [6.07, 6.45) is 6.84. The number of carboxylic acids is 1. The molecule has 2 fully saturated rings. The molecule has 0 atom stereocenters. The number of likely N-dealkylation sites (tertiary alicyclic amines) is 1. The third kappa shape index (κ3) is 12.0. The highest BCUT2D eigenvalue weighted by Gasteiger charge is 2.24. The highest BCUT2D eigenvalue weighted by molar-refractivity contribution is 7.15. The van der Waals surface area contributed by atoms with Crippen LogP contribution in [0.4, 0.5) is 11.9 Å². The molecule has 14 nitrogen and oxygen atoms in total. The standard InChI is InChI=1S/C25H27NO4S.C20H29N7O2/c1-15(2)24-22(31-25(26-24)18-7-5-16(3)6-8-18)12-10-20(27)19-9-11-21(17(4)13-19)30-14-23(28)29;1-25(2)19-21-12-15(13-22-19)14-26-5-3-16(4-6-26)17-11-18(28)24-20(23-17)27-7-9-29-10-8-27/h5-9,11,13,15H,10,12,14H2,1-4H3,(H,28,29);11-13,16H,3-10,14H2,1-2H3,(H,23,24,28). The summed E-state index contributed by atoms with van der Waals surface area (Å²) in [5.74, 6) is 1.50. The number of H-pyrrole nitrogens is 1. The van der Waals surface area contributed by atoms with Gasteiger partial charge in [0, 0.05) is 86.1 Å². The number of anilines is 2. The number of rotatable bonds is 14. The number of hydrogen-bond acceptors (Lipinski definition) is 13. The molecular weight excluding hydrogens is 781 g/mol. The topological polar surface area (TPSA) is 167 Å². The first-order valence-corrected chi connectivity index (χ1v) is 21.3. The van der Waals surface area contributed by atoms with Crippen molar-refractivity contribution in [2.75, 3.05) is 69.9 Å². The number of thiazole rings is 1. The number of aryl methyl sites for hydroxylation is 3. The Balaban J connectivity index is 0.000000202. The molecule has 0 saturated carbocycles. The molecule has 0 amide bonds. The second kappa shape index (κ2) is 20.6. The lowest BCUT2D eigenvalue weighted by atomic mass is 9.93. The van der Waals surface area contributed by atoms with Crippen molar-refractivity contribution in [3.63, 3.8) is 0 Å². The van der Waals surface area contributed by atoms with E-state index in [1.54, 1.807) is 35.6 Å². The number of carbonyl (C=O) groups is 2. The van der Waals surface area contributed by atoms with Crippen LogP contribution in [0.2, 0.25) is 0 Å². The number of carboxylic acid groups (broad SMARTS) is 1. The molecule has 15 heteroatoms. The minimum atomic E-state index is -1.03. The van der Waals surface area contributed by atoms with E-state index in [-0.39, 0.29) is 17.3 Å². The number of Topliss-reactive ketones (excluding diaryl/α,β-unsaturated/α-hetero) is 1. The number of morpholine rings is 1. The SMILES string of the molecule is CN(C)c1ncc(CN2CCC(c3cc(=O)[nH]c(N4CCOCC4)n3)CC2)cn1.Cc1ccc(-c2nc(C(C)C)c(CCC(=O)c3ccc(OCC(=O)O)c(C)c3)s2)cc1. The van der Waals surface area contributed by atoms with Crippen molar-refractivity contribution >= 4 is 35.0 Å². The summed E-state index contributed by atoms with van der Waals surface area (Å²) in [5, 5.41) is 9.74. The van der Waals surface area contributed by atoms with E-state index in [1.807, 2.05) is 38.3 Å². The third-order valence-electron chi connectivity index (χ3n) is 10.6. The van der Waals surface area contributed by atoms with Gasteiger partial charge in [0.1, 0.15) is 10.8 Å². The van der Waals surface area contributed by atoms with E-state index in [0.29, 0.717) is 49.2 Å². The van der Waals surface area contributed by atoms with E-state index in [9.17, 15) is 14.4 Å². The van der Waals surface area contributed by atoms with Gasteiger partial charge in [-0.3, -0.25) is 19.5 Å². The van der Waals surface area contributed by atoms with Crippen LogP contribution in [0.1, 0.15) is 88.3 Å². The van der Waals surface area contributed by atoms with Crippen LogP contribution in [-0.4, -0.2) is 107 Å². The fraction of sp³-hybridized carbons (Fsp3) is 0.444. The van der Waals surface area contributed by atoms with Crippen molar-refractivity contribution in [1.82, 2.24) is 29.8 Å². The normalized spacial score (nSPS) is 14.8. The van der Waals surface area contributed by atoms with E-state index in [1.165, 1.54) is 5.56 Å². The zero-order valence-electron chi connectivity index (χ0n) is 35.4. The number of hydrogen-bond donors (Lipinski definition) is 2. The molecule has 0 radical (unpaired) electrons. The second-order valence-corrected chi connectivity index (χ2v) is 16.9. The lowest BCUT2D eigenvalue weighted by molar-refractivity contribution is -0.139. The summed E-state index contributed by atoms with van der Waals surface area (Å²) in [7, 11) is 3.87. The van der Waals surface area contributed by atoms with Gasteiger partial charge in [-0.2, -0.15) is 0 Å². The van der Waals surface area contributed by atoms with Gasteiger partial charge in [-0.05, 0) is 75.9 Å². The Hall–Kier alpha value is -5.51. The van der Waals surface area contributed by atoms with Crippen LogP contribution in [0.15, 0.2) is 65.7 Å². The van der Waals surface area contributed by atoms with Crippen LogP contribution < -0.4 is 20.1 Å². The van der Waals surface area contributed by atoms with Gasteiger partial charge < -0.3 is 24.4 Å². The number of carbonyl (C=O) groups excluding carboxylic acids is 1. The number of aromatic nitrogens is 5. The molecule has 7 rings (SSSR count). The summed E-state index contributed by atoms with van der Waals surface area (Å²) >= 11 is 1.66. The van der Waals surface area contributed by atoms with E-state index in [2.05, 4.69) is 69.8 Å². The van der Waals surface area contributed by atoms with Crippen LogP contribution >= 0.6 is 11.3 Å². The number of aliphatic carboxylic acids is 1. The molecule has 0 spiro atoms. The zero-order valence-corrected chi connectivity index (χ0v) is 36.3. The molecule has 0 aliphatic carbocycles. The van der Waals surface area contributed by atoms with Gasteiger partial charge in [-0.15, -0.1) is 11.3 Å². The summed E-state index contributed by atoms with van der Waals surface area (Å²) in [6.45, 7) is 13.4. The second-order valence-electron chi connectivity index (χ2n) is 15.9. The van der Waals surface area contributed by atoms with Gasteiger partial charge in [0.25, 0.3) is 5.56 Å². The van der Waals surface area contributed by atoms with Crippen LogP contribution in [-0.2, 0) is 22.5 Å². The van der Waals surface area contributed by atoms with Crippen molar-refractivity contribution < 1.29 is 24.2 Å². The molecule has 2 N–H and O–H groups in total. The van der Waals surface area contributed by atoms with Crippen molar-refractivity contribution in [2.45, 2.75) is 71.8 Å². The smallest absolute Gasteiger partial charge is 0.341 e. The molecule has 2 aromatic carbocycles. The predicted octanol–water partition coefficient (Wildman–Crippen LogP) is 6.67. The summed E-state index contributed by atoms with van der Waals surface area (Å²) in [6, 6.07) is 15.1. The molecule has 0 unspecified atom stereocenters. The molecule has 318 valence electrons. The average Bonchev–Trinajstić information content (AvgIpc) is 3.68. The maximum atomic E-state index is 12.8. The first-order chi connectivity index (χ1) is 28.8. The number of nitrogens with zero attached hydrogens (tertiary/aromatic N) is 7. The van der Waals surface area contributed by atoms with Crippen molar-refractivity contribution in [3.05, 3.63) is 110 Å². The van der Waals surface area contributed by atoms with Crippen molar-refractivity contribution in [2.24, 2.45) is 0 Å². The molecule has 5 heterocycles. The Labute approximate surface area is 355 Å². The highest BCUT2D eigenvalue weighted by atomic mass is 32.1. The Kier molecular flexibility index (Phi) is 15.2. The fourth-order valence-corrected chi connectivity index (χ4v) is 8.43. The van der Waals surface area contributed by atoms with E-state index >= 15 is 0 Å². The minimum Gasteiger partial charge on any atom is -0.482 e. The van der Waals surface area contributed by atoms with Crippen LogP contribution in [0, 0.1) is 13.8 Å². The maximum Gasteiger partial charge on any atom is 0.341 e. The first kappa shape index (κ1) is 44.1. The monoisotopic (exact) mass is 836 g/mol. The van der Waals surface area contributed by atoms with Gasteiger partial charge in [0.2, 0.25) is 11.9 Å². The minimum absolute atomic E-state index is 0.0490. The zero-order chi connectivity index (χ0) is 42.8. The first-order valence-electron chi connectivity index (χ1n) is 20.5. The largest absolute Gasteiger partial charge is 0.482 e. The van der Waals surface area contributed by atoms with Crippen LogP contribution in [0.5, 0.6) is 5.75 Å². The van der Waals surface area contributed by atoms with Crippen LogP contribution in [0.3, 0.4) is 0 Å². The van der Waals surface area contributed by atoms with E-state index in [0.717, 1.165) is 89.5 Å². The Bertz CT molecular complexity index is 2260. The number of benzene rings is 2.